The molecular weight excluding hydrogens is 171 g/mol. The van der Waals surface area contributed by atoms with Crippen LogP contribution in [-0.2, 0) is 18.6 Å². The molecule has 66 valence electrons. The van der Waals surface area contributed by atoms with Crippen molar-refractivity contribution >= 4 is 13.6 Å². The molecule has 0 aromatic carbocycles. The van der Waals surface area contributed by atoms with E-state index >= 15 is 0 Å². The second-order valence-electron chi connectivity index (χ2n) is 1.84. The Morgan fingerprint density at radius 3 is 2.55 bits per heavy atom. The van der Waals surface area contributed by atoms with Crippen LogP contribution in [0.1, 0.15) is 13.8 Å². The van der Waals surface area contributed by atoms with Gasteiger partial charge in [0.05, 0.1) is 0 Å². The Morgan fingerprint density at radius 2 is 2.18 bits per heavy atom. The fourth-order valence-corrected chi connectivity index (χ4v) is 1.30. The van der Waals surface area contributed by atoms with E-state index in [-0.39, 0.29) is 0 Å². The number of ether oxygens (including phenoxy) is 1. The number of rotatable bonds is 4. The first-order valence-corrected chi connectivity index (χ1v) is 4.84. The average molecular weight is 182 g/mol. The van der Waals surface area contributed by atoms with Gasteiger partial charge >= 0.3 is 13.6 Å². The maximum atomic E-state index is 10.8. The SMILES string of the molecule is CCOCP(=O)(O)OC(C)=O. The molecule has 0 aromatic rings. The van der Waals surface area contributed by atoms with Gasteiger partial charge < -0.3 is 14.2 Å². The smallest absolute Gasteiger partial charge is 0.390 e. The van der Waals surface area contributed by atoms with E-state index in [4.69, 9.17) is 4.89 Å². The molecule has 0 aromatic heterocycles. The third-order valence-corrected chi connectivity index (χ3v) is 1.78. The van der Waals surface area contributed by atoms with Gasteiger partial charge in [0.2, 0.25) is 0 Å². The van der Waals surface area contributed by atoms with Gasteiger partial charge in [-0.05, 0) is 6.92 Å². The summed E-state index contributed by atoms with van der Waals surface area (Å²) < 4.78 is 19.5. The second-order valence-corrected chi connectivity index (χ2v) is 3.56. The van der Waals surface area contributed by atoms with Crippen molar-refractivity contribution in [3.8, 4) is 0 Å². The fraction of sp³-hybridized carbons (Fsp3) is 0.800. The zero-order valence-electron chi connectivity index (χ0n) is 6.44. The Morgan fingerprint density at radius 1 is 1.64 bits per heavy atom. The maximum Gasteiger partial charge on any atom is 0.404 e. The lowest BCUT2D eigenvalue weighted by molar-refractivity contribution is -0.132. The highest BCUT2D eigenvalue weighted by Gasteiger charge is 2.21. The highest BCUT2D eigenvalue weighted by molar-refractivity contribution is 7.53. The predicted molar refractivity (Wildman–Crippen MR) is 38.1 cm³/mol. The van der Waals surface area contributed by atoms with E-state index in [0.29, 0.717) is 6.61 Å². The summed E-state index contributed by atoms with van der Waals surface area (Å²) in [7, 11) is -3.84. The summed E-state index contributed by atoms with van der Waals surface area (Å²) in [6.45, 7) is 3.05. The fourth-order valence-electron chi connectivity index (χ4n) is 0.434. The predicted octanol–water partition coefficient (Wildman–Crippen LogP) is 0.729. The van der Waals surface area contributed by atoms with Gasteiger partial charge in [-0.2, -0.15) is 0 Å². The zero-order valence-corrected chi connectivity index (χ0v) is 7.34. The molecule has 5 nitrogen and oxygen atoms in total. The van der Waals surface area contributed by atoms with Crippen LogP contribution < -0.4 is 0 Å². The minimum absolute atomic E-state index is 0.311. The molecule has 0 aliphatic heterocycles. The lowest BCUT2D eigenvalue weighted by Crippen LogP contribution is -2.02. The van der Waals surface area contributed by atoms with Crippen LogP contribution in [0.15, 0.2) is 0 Å². The lowest BCUT2D eigenvalue weighted by Gasteiger charge is -2.09. The standard InChI is InChI=1S/C5H11O5P/c1-3-9-4-11(7,8)10-5(2)6/h3-4H2,1-2H3,(H,7,8). The number of carbonyl (C=O) groups excluding carboxylic acids is 1. The monoisotopic (exact) mass is 182 g/mol. The van der Waals surface area contributed by atoms with Gasteiger partial charge in [-0.3, -0.25) is 4.79 Å². The van der Waals surface area contributed by atoms with Crippen LogP contribution in [0.5, 0.6) is 0 Å². The first-order chi connectivity index (χ1) is 4.98. The molecule has 0 aliphatic rings. The Labute approximate surface area is 64.8 Å². The van der Waals surface area contributed by atoms with Crippen LogP contribution in [-0.4, -0.2) is 23.8 Å². The number of hydrogen-bond donors (Lipinski definition) is 1. The molecule has 0 rings (SSSR count). The van der Waals surface area contributed by atoms with Crippen molar-refractivity contribution in [1.82, 2.24) is 0 Å². The molecule has 0 saturated carbocycles. The van der Waals surface area contributed by atoms with Crippen LogP contribution in [0.25, 0.3) is 0 Å². The van der Waals surface area contributed by atoms with Gasteiger partial charge in [-0.1, -0.05) is 0 Å². The molecule has 0 heterocycles. The summed E-state index contributed by atoms with van der Waals surface area (Å²) in [4.78, 5) is 19.0. The van der Waals surface area contributed by atoms with Crippen molar-refractivity contribution in [1.29, 1.82) is 0 Å². The van der Waals surface area contributed by atoms with Crippen LogP contribution in [0.2, 0.25) is 0 Å². The Hall–Kier alpha value is -0.380. The first kappa shape index (κ1) is 10.6. The number of carbonyl (C=O) groups is 1. The van der Waals surface area contributed by atoms with Crippen molar-refractivity contribution in [3.63, 3.8) is 0 Å². The molecule has 0 amide bonds. The average Bonchev–Trinajstić information content (AvgIpc) is 1.81. The quantitative estimate of drug-likeness (QED) is 0.648. The summed E-state index contributed by atoms with van der Waals surface area (Å²) in [5.41, 5.74) is 0. The molecule has 1 N–H and O–H groups in total. The summed E-state index contributed by atoms with van der Waals surface area (Å²) in [5, 5.41) is 0. The first-order valence-electron chi connectivity index (χ1n) is 3.07. The highest BCUT2D eigenvalue weighted by Crippen LogP contribution is 2.41. The van der Waals surface area contributed by atoms with E-state index in [1.807, 2.05) is 0 Å². The maximum absolute atomic E-state index is 10.8. The zero-order chi connectivity index (χ0) is 8.91. The van der Waals surface area contributed by atoms with Gasteiger partial charge in [-0.25, -0.2) is 4.57 Å². The summed E-state index contributed by atoms with van der Waals surface area (Å²) in [5.74, 6) is -0.782. The van der Waals surface area contributed by atoms with Crippen LogP contribution in [0.4, 0.5) is 0 Å². The van der Waals surface area contributed by atoms with E-state index in [1.165, 1.54) is 0 Å². The van der Waals surface area contributed by atoms with Crippen molar-refractivity contribution in [2.75, 3.05) is 13.0 Å². The molecule has 0 aliphatic carbocycles. The van der Waals surface area contributed by atoms with E-state index in [2.05, 4.69) is 9.26 Å². The van der Waals surface area contributed by atoms with Crippen LogP contribution in [0, 0.1) is 0 Å². The largest absolute Gasteiger partial charge is 0.404 e. The summed E-state index contributed by atoms with van der Waals surface area (Å²) in [6, 6.07) is 0. The van der Waals surface area contributed by atoms with Crippen LogP contribution >= 0.6 is 7.60 Å². The number of hydrogen-bond acceptors (Lipinski definition) is 4. The Kier molecular flexibility index (Phi) is 4.33. The van der Waals surface area contributed by atoms with Gasteiger partial charge in [0.1, 0.15) is 0 Å². The molecule has 0 fully saturated rings. The van der Waals surface area contributed by atoms with Crippen molar-refractivity contribution < 1.29 is 23.5 Å². The van der Waals surface area contributed by atoms with Gasteiger partial charge in [0.25, 0.3) is 0 Å². The topological polar surface area (TPSA) is 72.8 Å². The summed E-state index contributed by atoms with van der Waals surface area (Å²) >= 11 is 0. The van der Waals surface area contributed by atoms with Crippen molar-refractivity contribution in [2.45, 2.75) is 13.8 Å². The van der Waals surface area contributed by atoms with Crippen molar-refractivity contribution in [3.05, 3.63) is 0 Å². The lowest BCUT2D eigenvalue weighted by atomic mass is 10.9. The Balaban J connectivity index is 3.80. The van der Waals surface area contributed by atoms with Gasteiger partial charge in [-0.15, -0.1) is 0 Å². The van der Waals surface area contributed by atoms with E-state index in [9.17, 15) is 9.36 Å². The minimum Gasteiger partial charge on any atom is -0.390 e. The summed E-state index contributed by atoms with van der Waals surface area (Å²) in [6.07, 6.45) is -0.441. The van der Waals surface area contributed by atoms with E-state index < -0.39 is 19.9 Å². The Bertz CT molecular complexity index is 178. The molecule has 0 spiro atoms. The second kappa shape index (κ2) is 4.49. The van der Waals surface area contributed by atoms with E-state index in [0.717, 1.165) is 6.92 Å². The van der Waals surface area contributed by atoms with E-state index in [1.54, 1.807) is 6.92 Å². The van der Waals surface area contributed by atoms with Crippen molar-refractivity contribution in [2.24, 2.45) is 0 Å². The molecule has 0 radical (unpaired) electrons. The van der Waals surface area contributed by atoms with Gasteiger partial charge in [0.15, 0.2) is 6.35 Å². The van der Waals surface area contributed by atoms with Gasteiger partial charge in [0, 0.05) is 13.5 Å². The third kappa shape index (κ3) is 6.04. The third-order valence-electron chi connectivity index (χ3n) is 0.730. The molecule has 1 unspecified atom stereocenters. The normalized spacial score (nSPS) is 15.5. The molecule has 0 saturated heterocycles. The minimum atomic E-state index is -3.84. The molecule has 6 heteroatoms. The highest BCUT2D eigenvalue weighted by atomic mass is 31.2. The van der Waals surface area contributed by atoms with Crippen LogP contribution in [0.3, 0.4) is 0 Å². The molecule has 0 bridgehead atoms. The molecular formula is C5H11O5P. The molecule has 1 atom stereocenters. The molecule has 11 heavy (non-hydrogen) atoms.